The maximum atomic E-state index is 13.4. The molecule has 4 nitrogen and oxygen atoms in total. The third-order valence-electron chi connectivity index (χ3n) is 5.52. The lowest BCUT2D eigenvalue weighted by molar-refractivity contribution is 0.0730. The predicted molar refractivity (Wildman–Crippen MR) is 117 cm³/mol. The van der Waals surface area contributed by atoms with E-state index in [4.69, 9.17) is 16.0 Å². The number of benzene rings is 3. The normalized spacial score (nSPS) is 15.6. The maximum Gasteiger partial charge on any atom is 0.290 e. The predicted octanol–water partition coefficient (Wildman–Crippen LogP) is 5.23. The van der Waals surface area contributed by atoms with Gasteiger partial charge in [-0.1, -0.05) is 66.2 Å². The number of carbonyl (C=O) groups is 1. The van der Waals surface area contributed by atoms with Crippen LogP contribution in [0.4, 0.5) is 0 Å². The first kappa shape index (κ1) is 18.6. The Balaban J connectivity index is 1.66. The number of fused-ring (bicyclic) bond motifs is 2. The van der Waals surface area contributed by atoms with Crippen LogP contribution in [0.5, 0.6) is 0 Å². The summed E-state index contributed by atoms with van der Waals surface area (Å²) < 4.78 is 5.94. The molecule has 1 amide bonds. The molecule has 1 atom stereocenters. The van der Waals surface area contributed by atoms with Crippen molar-refractivity contribution in [1.82, 2.24) is 4.90 Å². The summed E-state index contributed by atoms with van der Waals surface area (Å²) >= 11 is 6.24. The maximum absolute atomic E-state index is 13.4. The smallest absolute Gasteiger partial charge is 0.290 e. The minimum absolute atomic E-state index is 0.122. The van der Waals surface area contributed by atoms with Gasteiger partial charge in [-0.3, -0.25) is 9.59 Å². The van der Waals surface area contributed by atoms with Crippen LogP contribution < -0.4 is 5.43 Å². The van der Waals surface area contributed by atoms with Crippen LogP contribution in [0.2, 0.25) is 5.02 Å². The summed E-state index contributed by atoms with van der Waals surface area (Å²) in [7, 11) is 0. The molecule has 4 aromatic rings. The number of para-hydroxylation sites is 1. The zero-order chi connectivity index (χ0) is 20.7. The highest BCUT2D eigenvalue weighted by Gasteiger charge is 2.42. The van der Waals surface area contributed by atoms with Gasteiger partial charge in [0.15, 0.2) is 5.43 Å². The summed E-state index contributed by atoms with van der Waals surface area (Å²) in [6, 6.07) is 23.8. The van der Waals surface area contributed by atoms with Crippen molar-refractivity contribution in [2.75, 3.05) is 6.54 Å². The number of nitrogens with zero attached hydrogens (tertiary/aromatic N) is 1. The average molecular weight is 416 g/mol. The highest BCUT2D eigenvalue weighted by atomic mass is 35.5. The Morgan fingerprint density at radius 3 is 2.47 bits per heavy atom. The lowest BCUT2D eigenvalue weighted by Crippen LogP contribution is -2.31. The molecule has 0 N–H and O–H groups in total. The van der Waals surface area contributed by atoms with Crippen molar-refractivity contribution < 1.29 is 9.21 Å². The van der Waals surface area contributed by atoms with E-state index in [2.05, 4.69) is 0 Å². The van der Waals surface area contributed by atoms with Gasteiger partial charge in [0, 0.05) is 11.6 Å². The summed E-state index contributed by atoms with van der Waals surface area (Å²) in [6.07, 6.45) is 0.672. The number of hydrogen-bond acceptors (Lipinski definition) is 3. The van der Waals surface area contributed by atoms with E-state index in [1.165, 1.54) is 0 Å². The van der Waals surface area contributed by atoms with Crippen molar-refractivity contribution in [3.8, 4) is 0 Å². The van der Waals surface area contributed by atoms with E-state index in [9.17, 15) is 9.59 Å². The van der Waals surface area contributed by atoms with Gasteiger partial charge in [0.1, 0.15) is 5.58 Å². The van der Waals surface area contributed by atoms with Crippen molar-refractivity contribution in [3.05, 3.63) is 117 Å². The first-order valence-electron chi connectivity index (χ1n) is 9.79. The van der Waals surface area contributed by atoms with Crippen LogP contribution >= 0.6 is 11.6 Å². The first-order valence-corrected chi connectivity index (χ1v) is 10.2. The quantitative estimate of drug-likeness (QED) is 0.458. The molecule has 0 unspecified atom stereocenters. The van der Waals surface area contributed by atoms with Crippen LogP contribution in [0.25, 0.3) is 11.0 Å². The minimum atomic E-state index is -0.532. The van der Waals surface area contributed by atoms with Crippen LogP contribution in [0.15, 0.2) is 88.1 Å². The van der Waals surface area contributed by atoms with E-state index < -0.39 is 6.04 Å². The summed E-state index contributed by atoms with van der Waals surface area (Å²) in [6.45, 7) is 0.458. The fourth-order valence-electron chi connectivity index (χ4n) is 4.12. The largest absolute Gasteiger partial charge is 0.450 e. The van der Waals surface area contributed by atoms with Crippen molar-refractivity contribution >= 4 is 28.5 Å². The monoisotopic (exact) mass is 415 g/mol. The Kier molecular flexibility index (Phi) is 4.64. The van der Waals surface area contributed by atoms with E-state index in [0.717, 1.165) is 11.1 Å². The van der Waals surface area contributed by atoms with E-state index in [0.29, 0.717) is 34.5 Å². The second-order valence-corrected chi connectivity index (χ2v) is 7.80. The fourth-order valence-corrected chi connectivity index (χ4v) is 4.31. The molecule has 0 bridgehead atoms. The van der Waals surface area contributed by atoms with E-state index in [1.54, 1.807) is 41.3 Å². The molecule has 148 valence electrons. The molecule has 0 saturated carbocycles. The molecule has 5 heteroatoms. The zero-order valence-corrected chi connectivity index (χ0v) is 16.8. The third kappa shape index (κ3) is 3.10. The molecule has 0 saturated heterocycles. The molecule has 2 heterocycles. The van der Waals surface area contributed by atoms with Gasteiger partial charge >= 0.3 is 0 Å². The summed E-state index contributed by atoms with van der Waals surface area (Å²) in [5, 5.41) is 1.03. The standard InChI is InChI=1S/C25H18ClNO3/c26-18-10-6-9-17(15-18)22-21-23(28)19-11-4-5-12-20(19)30-24(21)25(29)27(22)14-13-16-7-2-1-3-8-16/h1-12,15,22H,13-14H2/t22-/m1/s1. The van der Waals surface area contributed by atoms with Crippen molar-refractivity contribution in [2.45, 2.75) is 12.5 Å². The van der Waals surface area contributed by atoms with E-state index >= 15 is 0 Å². The van der Waals surface area contributed by atoms with Crippen molar-refractivity contribution in [1.29, 1.82) is 0 Å². The Bertz CT molecular complexity index is 1310. The average Bonchev–Trinajstić information content (AvgIpc) is 3.05. The number of rotatable bonds is 4. The van der Waals surface area contributed by atoms with Gasteiger partial charge in [0.05, 0.1) is 17.0 Å². The van der Waals surface area contributed by atoms with E-state index in [-0.39, 0.29) is 17.1 Å². The zero-order valence-electron chi connectivity index (χ0n) is 16.0. The SMILES string of the molecule is O=C1c2oc3ccccc3c(=O)c2[C@@H](c2cccc(Cl)c2)N1CCc1ccccc1. The lowest BCUT2D eigenvalue weighted by Gasteiger charge is -2.25. The third-order valence-corrected chi connectivity index (χ3v) is 5.76. The van der Waals surface area contributed by atoms with Crippen LogP contribution in [0.1, 0.15) is 33.3 Å². The first-order chi connectivity index (χ1) is 14.6. The van der Waals surface area contributed by atoms with Gasteiger partial charge in [-0.05, 0) is 41.8 Å². The van der Waals surface area contributed by atoms with Crippen LogP contribution in [-0.4, -0.2) is 17.4 Å². The summed E-state index contributed by atoms with van der Waals surface area (Å²) in [4.78, 5) is 28.4. The Labute approximate surface area is 178 Å². The molecule has 1 aromatic heterocycles. The molecule has 1 aliphatic heterocycles. The number of amides is 1. The van der Waals surface area contributed by atoms with Crippen LogP contribution in [0, 0.1) is 0 Å². The molecule has 0 fully saturated rings. The Morgan fingerprint density at radius 1 is 0.900 bits per heavy atom. The molecule has 0 aliphatic carbocycles. The molecular weight excluding hydrogens is 398 g/mol. The molecular formula is C25H18ClNO3. The second kappa shape index (κ2) is 7.47. The molecule has 3 aromatic carbocycles. The molecule has 0 radical (unpaired) electrons. The van der Waals surface area contributed by atoms with Gasteiger partial charge < -0.3 is 9.32 Å². The van der Waals surface area contributed by atoms with Gasteiger partial charge in [0.2, 0.25) is 5.76 Å². The summed E-state index contributed by atoms with van der Waals surface area (Å²) in [5.41, 5.74) is 2.55. The number of hydrogen-bond donors (Lipinski definition) is 0. The van der Waals surface area contributed by atoms with Crippen molar-refractivity contribution in [2.24, 2.45) is 0 Å². The number of halogens is 1. The minimum Gasteiger partial charge on any atom is -0.450 e. The molecule has 0 spiro atoms. The fraction of sp³-hybridized carbons (Fsp3) is 0.120. The van der Waals surface area contributed by atoms with Crippen LogP contribution in [-0.2, 0) is 6.42 Å². The molecule has 1 aliphatic rings. The van der Waals surface area contributed by atoms with Gasteiger partial charge in [-0.25, -0.2) is 0 Å². The Hall–Kier alpha value is -3.37. The van der Waals surface area contributed by atoms with E-state index in [1.807, 2.05) is 42.5 Å². The van der Waals surface area contributed by atoms with Gasteiger partial charge in [-0.2, -0.15) is 0 Å². The highest BCUT2D eigenvalue weighted by Crippen LogP contribution is 2.38. The summed E-state index contributed by atoms with van der Waals surface area (Å²) in [5.74, 6) is -0.148. The van der Waals surface area contributed by atoms with Gasteiger partial charge in [-0.15, -0.1) is 0 Å². The van der Waals surface area contributed by atoms with Crippen LogP contribution in [0.3, 0.4) is 0 Å². The van der Waals surface area contributed by atoms with Gasteiger partial charge in [0.25, 0.3) is 5.91 Å². The van der Waals surface area contributed by atoms with Crippen molar-refractivity contribution in [3.63, 3.8) is 0 Å². The number of carbonyl (C=O) groups excluding carboxylic acids is 1. The second-order valence-electron chi connectivity index (χ2n) is 7.36. The Morgan fingerprint density at radius 2 is 1.67 bits per heavy atom. The molecule has 30 heavy (non-hydrogen) atoms. The topological polar surface area (TPSA) is 50.5 Å². The molecule has 5 rings (SSSR count). The highest BCUT2D eigenvalue weighted by molar-refractivity contribution is 6.30. The lowest BCUT2D eigenvalue weighted by atomic mass is 9.98.